The lowest BCUT2D eigenvalue weighted by molar-refractivity contribution is -0.144. The number of phenolic OH excluding ortho intramolecular Hbond substituents is 2. The minimum atomic E-state index is -1.18. The molecule has 0 saturated carbocycles. The van der Waals surface area contributed by atoms with E-state index in [9.17, 15) is 48.6 Å². The maximum Gasteiger partial charge on any atom is 0.251 e. The third kappa shape index (κ3) is 13.4. The molecule has 2 aliphatic heterocycles. The van der Waals surface area contributed by atoms with E-state index in [0.717, 1.165) is 47.9 Å². The molecule has 8 amide bonds. The zero-order valence-corrected chi connectivity index (χ0v) is 45.4. The molecule has 10 atom stereocenters. The number of nitrogens with zero attached hydrogens (tertiary/aromatic N) is 2. The Bertz CT molecular complexity index is 2780. The number of likely N-dealkylation sites (N-methyl/N-ethyl adjacent to an activating group) is 2. The van der Waals surface area contributed by atoms with Crippen LogP contribution in [0.4, 0.5) is 0 Å². The van der Waals surface area contributed by atoms with Gasteiger partial charge in [-0.3, -0.25) is 38.4 Å². The summed E-state index contributed by atoms with van der Waals surface area (Å²) in [5.74, 6) is -3.71. The first-order valence-electron chi connectivity index (χ1n) is 26.7. The number of aryl methyl sites for hydroxylation is 2. The van der Waals surface area contributed by atoms with E-state index < -0.39 is 107 Å². The molecule has 20 nitrogen and oxygen atoms in total. The Balaban J connectivity index is 1.08. The molecule has 3 aromatic rings. The summed E-state index contributed by atoms with van der Waals surface area (Å²) in [6.07, 6.45) is 4.33. The van der Waals surface area contributed by atoms with E-state index in [2.05, 4.69) is 49.1 Å². The number of fused-ring (bicyclic) bond motifs is 2. The fourth-order valence-corrected chi connectivity index (χ4v) is 10.8. The van der Waals surface area contributed by atoms with E-state index in [-0.39, 0.29) is 54.6 Å². The number of hydrogen-bond acceptors (Lipinski definition) is 12. The first kappa shape index (κ1) is 57.4. The van der Waals surface area contributed by atoms with Crippen molar-refractivity contribution < 1.29 is 48.6 Å². The van der Waals surface area contributed by atoms with Crippen LogP contribution in [-0.2, 0) is 41.6 Å². The number of phenols is 2. The van der Waals surface area contributed by atoms with Gasteiger partial charge in [0.05, 0.1) is 24.2 Å². The molecule has 0 spiro atoms. The molecular weight excluding hydrogens is 985 g/mol. The standard InChI is InChI=1S/C57H76N10O10/c1-30(2)47(64-49(70)31(3)58-8)55(76)66-28-37(26-45(66)53(74)62-43-17-11-13-33-24-39(68)19-21-41(33)43)60-51(72)35-15-10-16-36(23-35)52(73)61-38-27-46(54(75)63-44-18-12-14-34-25-40(69)20-22-42(34)44)67(29-38)56(77)48(57(5,6)7)65-50(71)32(4)59-9/h10,15-16,19-25,31-32,37-38,43-48,58-59,68-69H,1,11-14,17-18,26-29H2,2-9H3,(H,60,72)(H,61,73)(H,62,74)(H,63,75)(H,64,70)(H,65,71)/t31-,32-,37-,38-,43+,44+,45-,46-,47-,48+/m0/s1. The second-order valence-corrected chi connectivity index (χ2v) is 22.2. The summed E-state index contributed by atoms with van der Waals surface area (Å²) < 4.78 is 0. The molecular formula is C57H76N10O10. The van der Waals surface area contributed by atoms with Gasteiger partial charge in [0.25, 0.3) is 11.8 Å². The van der Waals surface area contributed by atoms with Crippen LogP contribution >= 0.6 is 0 Å². The summed E-state index contributed by atoms with van der Waals surface area (Å²) in [6, 6.07) is 8.30. The zero-order chi connectivity index (χ0) is 56.0. The minimum absolute atomic E-state index is 0.0270. The largest absolute Gasteiger partial charge is 0.508 e. The molecule has 20 heteroatoms. The highest BCUT2D eigenvalue weighted by atomic mass is 16.3. The quantitative estimate of drug-likeness (QED) is 0.0875. The fraction of sp³-hybridized carbons (Fsp3) is 0.509. The minimum Gasteiger partial charge on any atom is -0.508 e. The van der Waals surface area contributed by atoms with Crippen molar-refractivity contribution in [2.45, 2.75) is 153 Å². The van der Waals surface area contributed by atoms with E-state index in [1.807, 2.05) is 20.8 Å². The van der Waals surface area contributed by atoms with Crippen LogP contribution < -0.4 is 42.5 Å². The predicted molar refractivity (Wildman–Crippen MR) is 288 cm³/mol. The second-order valence-electron chi connectivity index (χ2n) is 22.2. The van der Waals surface area contributed by atoms with Crippen LogP contribution in [0.15, 0.2) is 72.8 Å². The third-order valence-electron chi connectivity index (χ3n) is 15.4. The van der Waals surface area contributed by atoms with Gasteiger partial charge < -0.3 is 62.5 Å². The maximum absolute atomic E-state index is 14.7. The highest BCUT2D eigenvalue weighted by molar-refractivity contribution is 6.01. The van der Waals surface area contributed by atoms with Crippen molar-refractivity contribution in [3.8, 4) is 11.5 Å². The molecule has 2 fully saturated rings. The average molecular weight is 1060 g/mol. The number of rotatable bonds is 17. The molecule has 0 radical (unpaired) electrons. The van der Waals surface area contributed by atoms with E-state index >= 15 is 0 Å². The normalized spacial score (nSPS) is 22.4. The maximum atomic E-state index is 14.7. The van der Waals surface area contributed by atoms with Crippen LogP contribution in [0.5, 0.6) is 11.5 Å². The second kappa shape index (κ2) is 24.3. The Morgan fingerprint density at radius 3 is 1.49 bits per heavy atom. The summed E-state index contributed by atoms with van der Waals surface area (Å²) in [5, 5.41) is 43.9. The first-order valence-corrected chi connectivity index (χ1v) is 26.7. The Morgan fingerprint density at radius 1 is 0.623 bits per heavy atom. The van der Waals surface area contributed by atoms with E-state index in [1.54, 1.807) is 77.3 Å². The monoisotopic (exact) mass is 1060 g/mol. The van der Waals surface area contributed by atoms with Crippen LogP contribution in [0.3, 0.4) is 0 Å². The van der Waals surface area contributed by atoms with Crippen molar-refractivity contribution in [2.75, 3.05) is 27.2 Å². The lowest BCUT2D eigenvalue weighted by atomic mass is 9.85. The van der Waals surface area contributed by atoms with Gasteiger partial charge in [0, 0.05) is 36.3 Å². The zero-order valence-electron chi connectivity index (χ0n) is 45.4. The third-order valence-corrected chi connectivity index (χ3v) is 15.4. The number of nitrogens with one attached hydrogen (secondary N) is 8. The molecule has 2 heterocycles. The Hall–Kier alpha value is -7.32. The molecule has 7 rings (SSSR count). The summed E-state index contributed by atoms with van der Waals surface area (Å²) in [5.41, 5.74) is 3.36. The molecule has 10 N–H and O–H groups in total. The average Bonchev–Trinajstić information content (AvgIpc) is 4.04. The molecule has 2 aliphatic carbocycles. The van der Waals surface area contributed by atoms with Crippen molar-refractivity contribution in [3.05, 3.63) is 106 Å². The fourth-order valence-electron chi connectivity index (χ4n) is 10.8. The Kier molecular flexibility index (Phi) is 18.1. The first-order chi connectivity index (χ1) is 36.5. The van der Waals surface area contributed by atoms with Gasteiger partial charge in [-0.1, -0.05) is 45.5 Å². The van der Waals surface area contributed by atoms with Gasteiger partial charge in [0.1, 0.15) is 35.7 Å². The number of benzene rings is 3. The van der Waals surface area contributed by atoms with Gasteiger partial charge in [0.2, 0.25) is 35.4 Å². The molecule has 0 bridgehead atoms. The van der Waals surface area contributed by atoms with Gasteiger partial charge >= 0.3 is 0 Å². The van der Waals surface area contributed by atoms with Crippen LogP contribution in [0.1, 0.15) is 135 Å². The van der Waals surface area contributed by atoms with Gasteiger partial charge in [-0.15, -0.1) is 0 Å². The van der Waals surface area contributed by atoms with Crippen molar-refractivity contribution in [2.24, 2.45) is 5.41 Å². The molecule has 0 aromatic heterocycles. The topological polar surface area (TPSA) is 280 Å². The van der Waals surface area contributed by atoms with E-state index in [1.165, 1.54) is 28.0 Å². The number of aromatic hydroxyl groups is 2. The van der Waals surface area contributed by atoms with Gasteiger partial charge in [-0.2, -0.15) is 0 Å². The highest BCUT2D eigenvalue weighted by Gasteiger charge is 2.47. The Morgan fingerprint density at radius 2 is 1.06 bits per heavy atom. The highest BCUT2D eigenvalue weighted by Crippen LogP contribution is 2.35. The summed E-state index contributed by atoms with van der Waals surface area (Å²) in [6.45, 7) is 14.2. The van der Waals surface area contributed by atoms with Gasteiger partial charge in [0.15, 0.2) is 0 Å². The van der Waals surface area contributed by atoms with Gasteiger partial charge in [-0.25, -0.2) is 0 Å². The van der Waals surface area contributed by atoms with Crippen molar-refractivity contribution in [3.63, 3.8) is 0 Å². The summed E-state index contributed by atoms with van der Waals surface area (Å²) in [7, 11) is 3.24. The van der Waals surface area contributed by atoms with Crippen LogP contribution in [0, 0.1) is 5.41 Å². The number of carbonyl (C=O) groups is 8. The molecule has 2 saturated heterocycles. The molecule has 3 aromatic carbocycles. The summed E-state index contributed by atoms with van der Waals surface area (Å²) in [4.78, 5) is 115. The van der Waals surface area contributed by atoms with Crippen molar-refractivity contribution in [1.82, 2.24) is 52.3 Å². The molecule has 0 unspecified atom stereocenters. The number of likely N-dealkylation sites (tertiary alicyclic amines) is 2. The van der Waals surface area contributed by atoms with E-state index in [0.29, 0.717) is 18.4 Å². The molecule has 77 heavy (non-hydrogen) atoms. The lowest BCUT2D eigenvalue weighted by Gasteiger charge is -2.36. The molecule has 4 aliphatic rings. The number of amides is 8. The van der Waals surface area contributed by atoms with Gasteiger partial charge in [-0.05, 0) is 162 Å². The SMILES string of the molecule is C=C(C)[C@H](NC(=O)[C@H](C)NC)C(=O)N1C[C@@H](NC(=O)c2cccc(C(=O)N[C@H]3C[C@@H](C(=O)N[C@@H]4CCCc5cc(O)ccc54)N(C(=O)[C@@H](NC(=O)[C@H](C)NC)C(C)(C)C)C3)c2)C[C@H]1C(=O)N[C@@H]1CCCc2cc(O)ccc21. The van der Waals surface area contributed by atoms with E-state index in [4.69, 9.17) is 0 Å². The van der Waals surface area contributed by atoms with Crippen molar-refractivity contribution in [1.29, 1.82) is 0 Å². The number of hydrogen-bond donors (Lipinski definition) is 10. The lowest BCUT2D eigenvalue weighted by Crippen LogP contribution is -2.59. The van der Waals surface area contributed by atoms with Crippen LogP contribution in [0.2, 0.25) is 0 Å². The Labute approximate surface area is 450 Å². The predicted octanol–water partition coefficient (Wildman–Crippen LogP) is 2.69. The van der Waals surface area contributed by atoms with Crippen molar-refractivity contribution >= 4 is 47.3 Å². The molecule has 414 valence electrons. The smallest absolute Gasteiger partial charge is 0.251 e. The van der Waals surface area contributed by atoms with Crippen LogP contribution in [0.25, 0.3) is 0 Å². The summed E-state index contributed by atoms with van der Waals surface area (Å²) >= 11 is 0. The number of carbonyl (C=O) groups excluding carboxylic acids is 8. The van der Waals surface area contributed by atoms with Crippen LogP contribution in [-0.4, -0.2) is 143 Å².